The minimum Gasteiger partial charge on any atom is -0.390 e. The molecule has 1 saturated heterocycles. The van der Waals surface area contributed by atoms with E-state index in [4.69, 9.17) is 16.7 Å². The minimum absolute atomic E-state index is 0.0510. The number of piperidine rings is 1. The van der Waals surface area contributed by atoms with Crippen LogP contribution in [-0.4, -0.2) is 72.4 Å². The second-order valence-electron chi connectivity index (χ2n) is 11.6. The van der Waals surface area contributed by atoms with Crippen molar-refractivity contribution in [1.29, 1.82) is 0 Å². The first kappa shape index (κ1) is 27.8. The summed E-state index contributed by atoms with van der Waals surface area (Å²) in [5.74, 6) is 0.0510. The van der Waals surface area contributed by atoms with E-state index in [2.05, 4.69) is 16.0 Å². The molecule has 4 aromatic rings. The van der Waals surface area contributed by atoms with Crippen LogP contribution in [0.25, 0.3) is 22.3 Å². The number of aliphatic hydroxyl groups excluding tert-OH is 1. The number of benzene rings is 2. The number of fused-ring (bicyclic) bond motifs is 2. The largest absolute Gasteiger partial charge is 0.390 e. The van der Waals surface area contributed by atoms with Crippen LogP contribution >= 0.6 is 11.6 Å². The van der Waals surface area contributed by atoms with Crippen LogP contribution in [0.15, 0.2) is 41.2 Å². The molecule has 0 radical (unpaired) electrons. The second-order valence-corrected chi connectivity index (χ2v) is 12.0. The third-order valence-corrected chi connectivity index (χ3v) is 9.08. The Morgan fingerprint density at radius 3 is 2.63 bits per heavy atom. The highest BCUT2D eigenvalue weighted by atomic mass is 35.5. The molecule has 1 unspecified atom stereocenters. The van der Waals surface area contributed by atoms with Crippen LogP contribution in [0.4, 0.5) is 0 Å². The number of halogens is 1. The molecule has 2 aromatic heterocycles. The number of hydrogen-bond donors (Lipinski definition) is 2. The van der Waals surface area contributed by atoms with Crippen molar-refractivity contribution in [2.45, 2.75) is 65.3 Å². The summed E-state index contributed by atoms with van der Waals surface area (Å²) < 4.78 is 3.85. The molecule has 2 aliphatic heterocycles. The summed E-state index contributed by atoms with van der Waals surface area (Å²) in [5, 5.41) is 16.8. The number of amides is 1. The number of nitrogens with zero attached hydrogens (tertiary/aromatic N) is 5. The Balaban J connectivity index is 1.16. The van der Waals surface area contributed by atoms with Gasteiger partial charge in [0.05, 0.1) is 29.4 Å². The standard InChI is InChI=1S/C31H37ClN6O3/c1-19-4-7-27-29(14-19)38(31(41)33-27)23-8-11-35(12-9-23)16-24(40)17-37-28-10-13-36(21(3)39)18-25(28)30(34-37)22-5-6-26(32)20(2)15-22/h4-7,14-15,23-24,40H,8-13,16-18H2,1-3H3,(H,33,41). The number of aryl methyl sites for hydroxylation is 2. The van der Waals surface area contributed by atoms with Gasteiger partial charge >= 0.3 is 5.69 Å². The van der Waals surface area contributed by atoms with E-state index >= 15 is 0 Å². The van der Waals surface area contributed by atoms with Crippen LogP contribution < -0.4 is 5.69 Å². The van der Waals surface area contributed by atoms with Crippen molar-refractivity contribution in [2.75, 3.05) is 26.2 Å². The maximum atomic E-state index is 12.7. The molecule has 2 N–H and O–H groups in total. The summed E-state index contributed by atoms with van der Waals surface area (Å²) in [6.45, 7) is 9.32. The molecule has 4 heterocycles. The van der Waals surface area contributed by atoms with E-state index in [0.717, 1.165) is 70.6 Å². The van der Waals surface area contributed by atoms with Crippen LogP contribution in [0, 0.1) is 13.8 Å². The van der Waals surface area contributed by atoms with Crippen molar-refractivity contribution in [3.05, 3.63) is 74.3 Å². The van der Waals surface area contributed by atoms with Crippen LogP contribution in [-0.2, 0) is 24.3 Å². The number of hydrogen-bond acceptors (Lipinski definition) is 5. The third kappa shape index (κ3) is 5.46. The second kappa shape index (κ2) is 11.1. The molecule has 1 fully saturated rings. The molecular weight excluding hydrogens is 540 g/mol. The highest BCUT2D eigenvalue weighted by Crippen LogP contribution is 2.32. The van der Waals surface area contributed by atoms with Gasteiger partial charge in [0.2, 0.25) is 5.91 Å². The smallest absolute Gasteiger partial charge is 0.326 e. The zero-order valence-electron chi connectivity index (χ0n) is 23.9. The summed E-state index contributed by atoms with van der Waals surface area (Å²) in [7, 11) is 0. The maximum Gasteiger partial charge on any atom is 0.326 e. The maximum absolute atomic E-state index is 12.7. The number of β-amino-alcohol motifs (C(OH)–C–C–N with tert-alkyl or cyclic N) is 1. The van der Waals surface area contributed by atoms with Gasteiger partial charge in [0.15, 0.2) is 0 Å². The number of aromatic amines is 1. The first-order chi connectivity index (χ1) is 19.7. The molecule has 1 atom stereocenters. The first-order valence-electron chi connectivity index (χ1n) is 14.4. The molecule has 0 saturated carbocycles. The molecule has 2 aliphatic rings. The Labute approximate surface area is 244 Å². The molecule has 9 nitrogen and oxygen atoms in total. The number of carbonyl (C=O) groups is 1. The molecular formula is C31H37ClN6O3. The highest BCUT2D eigenvalue weighted by molar-refractivity contribution is 6.31. The summed E-state index contributed by atoms with van der Waals surface area (Å²) in [4.78, 5) is 32.0. The van der Waals surface area contributed by atoms with Crippen molar-refractivity contribution in [3.63, 3.8) is 0 Å². The van der Waals surface area contributed by atoms with E-state index in [9.17, 15) is 14.7 Å². The fraction of sp³-hybridized carbons (Fsp3) is 0.452. The number of aliphatic hydroxyl groups is 1. The lowest BCUT2D eigenvalue weighted by molar-refractivity contribution is -0.129. The lowest BCUT2D eigenvalue weighted by Crippen LogP contribution is -2.42. The Kier molecular flexibility index (Phi) is 7.52. The Morgan fingerprint density at radius 1 is 1.12 bits per heavy atom. The summed E-state index contributed by atoms with van der Waals surface area (Å²) in [5.41, 5.74) is 7.83. The number of nitrogens with one attached hydrogen (secondary N) is 1. The summed E-state index contributed by atoms with van der Waals surface area (Å²) in [6, 6.07) is 12.1. The number of carbonyl (C=O) groups excluding carboxylic acids is 1. The summed E-state index contributed by atoms with van der Waals surface area (Å²) >= 11 is 6.29. The minimum atomic E-state index is -0.598. The van der Waals surface area contributed by atoms with E-state index < -0.39 is 6.10 Å². The van der Waals surface area contributed by atoms with E-state index in [-0.39, 0.29) is 17.6 Å². The number of rotatable bonds is 6. The van der Waals surface area contributed by atoms with Gasteiger partial charge in [-0.15, -0.1) is 0 Å². The normalized spacial score (nSPS) is 17.2. The zero-order valence-corrected chi connectivity index (χ0v) is 24.6. The summed E-state index contributed by atoms with van der Waals surface area (Å²) in [6.07, 6.45) is 1.81. The Bertz CT molecular complexity index is 1660. The fourth-order valence-corrected chi connectivity index (χ4v) is 6.56. The van der Waals surface area contributed by atoms with E-state index in [0.29, 0.717) is 37.6 Å². The lowest BCUT2D eigenvalue weighted by atomic mass is 9.99. The van der Waals surface area contributed by atoms with Crippen LogP contribution in [0.3, 0.4) is 0 Å². The monoisotopic (exact) mass is 576 g/mol. The van der Waals surface area contributed by atoms with Crippen molar-refractivity contribution < 1.29 is 9.90 Å². The van der Waals surface area contributed by atoms with Gasteiger partial charge in [-0.2, -0.15) is 5.10 Å². The predicted octanol–water partition coefficient (Wildman–Crippen LogP) is 4.07. The molecule has 0 spiro atoms. The molecule has 216 valence electrons. The van der Waals surface area contributed by atoms with Crippen molar-refractivity contribution in [2.24, 2.45) is 0 Å². The Morgan fingerprint density at radius 2 is 1.90 bits per heavy atom. The van der Waals surface area contributed by atoms with E-state index in [1.165, 1.54) is 0 Å². The van der Waals surface area contributed by atoms with Gasteiger partial charge in [0, 0.05) is 74.0 Å². The molecule has 1 amide bonds. The van der Waals surface area contributed by atoms with Gasteiger partial charge in [-0.1, -0.05) is 23.7 Å². The molecule has 6 rings (SSSR count). The fourth-order valence-electron chi connectivity index (χ4n) is 6.44. The van der Waals surface area contributed by atoms with Crippen molar-refractivity contribution in [1.82, 2.24) is 29.1 Å². The average molecular weight is 577 g/mol. The zero-order chi connectivity index (χ0) is 28.8. The number of imidazole rings is 1. The van der Waals surface area contributed by atoms with Crippen LogP contribution in [0.5, 0.6) is 0 Å². The molecule has 0 bridgehead atoms. The molecule has 10 heteroatoms. The number of likely N-dealkylation sites (tertiary alicyclic amines) is 1. The number of H-pyrrole nitrogens is 1. The van der Waals surface area contributed by atoms with Crippen molar-refractivity contribution in [3.8, 4) is 11.3 Å². The quantitative estimate of drug-likeness (QED) is 0.361. The van der Waals surface area contributed by atoms with Gasteiger partial charge in [0.1, 0.15) is 0 Å². The molecule has 41 heavy (non-hydrogen) atoms. The van der Waals surface area contributed by atoms with Gasteiger partial charge in [-0.3, -0.25) is 14.0 Å². The topological polar surface area (TPSA) is 99.4 Å². The predicted molar refractivity (Wildman–Crippen MR) is 160 cm³/mol. The third-order valence-electron chi connectivity index (χ3n) is 8.66. The highest BCUT2D eigenvalue weighted by Gasteiger charge is 2.29. The average Bonchev–Trinajstić information content (AvgIpc) is 3.46. The number of aromatic nitrogens is 4. The van der Waals surface area contributed by atoms with Crippen LogP contribution in [0.1, 0.15) is 48.2 Å². The van der Waals surface area contributed by atoms with Gasteiger partial charge < -0.3 is 19.9 Å². The first-order valence-corrected chi connectivity index (χ1v) is 14.8. The SMILES string of the molecule is CC(=O)N1CCc2c(c(-c3ccc(Cl)c(C)c3)nn2CC(O)CN2CCC(n3c(=O)[nH]c4ccc(C)cc43)CC2)C1. The van der Waals surface area contributed by atoms with Crippen molar-refractivity contribution >= 4 is 28.5 Å². The van der Waals surface area contributed by atoms with E-state index in [1.54, 1.807) is 6.92 Å². The Hall–Kier alpha value is -3.40. The van der Waals surface area contributed by atoms with Gasteiger partial charge in [-0.05, 0) is 62.1 Å². The van der Waals surface area contributed by atoms with Gasteiger partial charge in [0.25, 0.3) is 0 Å². The lowest BCUT2D eigenvalue weighted by Gasteiger charge is -2.33. The van der Waals surface area contributed by atoms with E-state index in [1.807, 2.05) is 58.3 Å². The van der Waals surface area contributed by atoms with Crippen LogP contribution in [0.2, 0.25) is 5.02 Å². The molecule has 2 aromatic carbocycles. The van der Waals surface area contributed by atoms with Gasteiger partial charge in [-0.25, -0.2) is 4.79 Å². The molecule has 0 aliphatic carbocycles.